The number of hydrogen-bond donors (Lipinski definition) is 0. The molecule has 0 saturated carbocycles. The average molecular weight is 553 g/mol. The summed E-state index contributed by atoms with van der Waals surface area (Å²) in [5.74, 6) is 0.312. The molecule has 1 fully saturated rings. The molecule has 1 saturated heterocycles. The van der Waals surface area contributed by atoms with Crippen LogP contribution in [-0.4, -0.2) is 68.3 Å². The quantitative estimate of drug-likeness (QED) is 0.287. The highest BCUT2D eigenvalue weighted by Crippen LogP contribution is 2.41. The Kier molecular flexibility index (Phi) is 9.01. The summed E-state index contributed by atoms with van der Waals surface area (Å²) in [7, 11) is 0. The maximum absolute atomic E-state index is 14.1. The lowest BCUT2D eigenvalue weighted by Crippen LogP contribution is -2.38. The Bertz CT molecular complexity index is 1400. The van der Waals surface area contributed by atoms with Crippen molar-refractivity contribution in [2.24, 2.45) is 0 Å². The van der Waals surface area contributed by atoms with E-state index in [2.05, 4.69) is 11.8 Å². The zero-order valence-corrected chi connectivity index (χ0v) is 23.2. The molecule has 0 aliphatic carbocycles. The average Bonchev–Trinajstić information content (AvgIpc) is 3.24. The zero-order chi connectivity index (χ0) is 28.1. The van der Waals surface area contributed by atoms with Crippen molar-refractivity contribution >= 4 is 16.9 Å². The van der Waals surface area contributed by atoms with E-state index in [1.807, 2.05) is 25.1 Å². The van der Waals surface area contributed by atoms with Crippen LogP contribution in [0.3, 0.4) is 0 Å². The maximum atomic E-state index is 14.1. The van der Waals surface area contributed by atoms with Crippen molar-refractivity contribution in [1.29, 1.82) is 0 Å². The van der Waals surface area contributed by atoms with Crippen molar-refractivity contribution in [1.82, 2.24) is 9.80 Å². The van der Waals surface area contributed by atoms with Crippen molar-refractivity contribution in [2.45, 2.75) is 45.6 Å². The van der Waals surface area contributed by atoms with Gasteiger partial charge in [0.05, 0.1) is 43.4 Å². The Hall–Kier alpha value is -3.43. The highest BCUT2D eigenvalue weighted by molar-refractivity contribution is 5.99. The number of ether oxygens (including phenoxy) is 3. The standard InChI is InChI=1S/C31H37FN2O6/c1-3-5-6-16-39-25-10-8-21(19-26(25)38-4-2)28-27-29(35)23-20-22(32)9-11-24(23)40-30(27)31(36)34(28)13-7-12-33-14-17-37-18-15-33/h8-11,19-20,28H,3-7,12-18H2,1-2H3/t28-/m0/s1. The molecule has 2 aliphatic rings. The van der Waals surface area contributed by atoms with E-state index in [1.54, 1.807) is 4.90 Å². The fourth-order valence-electron chi connectivity index (χ4n) is 5.48. The van der Waals surface area contributed by atoms with Crippen LogP contribution in [0.2, 0.25) is 0 Å². The first-order chi connectivity index (χ1) is 19.5. The molecule has 1 aromatic heterocycles. The monoisotopic (exact) mass is 552 g/mol. The number of morpholine rings is 1. The Morgan fingerprint density at radius 3 is 2.55 bits per heavy atom. The first-order valence-electron chi connectivity index (χ1n) is 14.3. The lowest BCUT2D eigenvalue weighted by Gasteiger charge is -2.29. The van der Waals surface area contributed by atoms with Gasteiger partial charge >= 0.3 is 0 Å². The Morgan fingerprint density at radius 2 is 1.77 bits per heavy atom. The Balaban J connectivity index is 1.52. The summed E-state index contributed by atoms with van der Waals surface area (Å²) in [6.45, 7) is 9.39. The molecule has 1 atom stereocenters. The van der Waals surface area contributed by atoms with Crippen LogP contribution in [0.25, 0.3) is 11.0 Å². The van der Waals surface area contributed by atoms with Gasteiger partial charge in [0.1, 0.15) is 11.4 Å². The normalized spacial score (nSPS) is 17.4. The van der Waals surface area contributed by atoms with Crippen LogP contribution < -0.4 is 14.9 Å². The van der Waals surface area contributed by atoms with E-state index in [0.717, 1.165) is 45.3 Å². The molecule has 0 unspecified atom stereocenters. The van der Waals surface area contributed by atoms with Crippen molar-refractivity contribution in [3.05, 3.63) is 69.3 Å². The minimum absolute atomic E-state index is 0.0123. The molecular formula is C31H37FN2O6. The van der Waals surface area contributed by atoms with Crippen molar-refractivity contribution in [2.75, 3.05) is 52.6 Å². The number of benzene rings is 2. The molecule has 40 heavy (non-hydrogen) atoms. The maximum Gasteiger partial charge on any atom is 0.290 e. The smallest absolute Gasteiger partial charge is 0.290 e. The Morgan fingerprint density at radius 1 is 0.950 bits per heavy atom. The molecule has 1 amide bonds. The van der Waals surface area contributed by atoms with E-state index in [0.29, 0.717) is 50.0 Å². The molecule has 5 rings (SSSR count). The summed E-state index contributed by atoms with van der Waals surface area (Å²) >= 11 is 0. The number of halogens is 1. The summed E-state index contributed by atoms with van der Waals surface area (Å²) < 4.78 is 37.5. The van der Waals surface area contributed by atoms with Gasteiger partial charge in [0.2, 0.25) is 5.76 Å². The molecule has 214 valence electrons. The summed E-state index contributed by atoms with van der Waals surface area (Å²) in [4.78, 5) is 31.5. The lowest BCUT2D eigenvalue weighted by molar-refractivity contribution is 0.0353. The van der Waals surface area contributed by atoms with Gasteiger partial charge in [-0.2, -0.15) is 0 Å². The highest BCUT2D eigenvalue weighted by atomic mass is 19.1. The van der Waals surface area contributed by atoms with Crippen LogP contribution in [0, 0.1) is 5.82 Å². The summed E-state index contributed by atoms with van der Waals surface area (Å²) in [5, 5.41) is 0.118. The number of amides is 1. The number of carbonyl (C=O) groups is 1. The molecule has 3 heterocycles. The minimum atomic E-state index is -0.690. The summed E-state index contributed by atoms with van der Waals surface area (Å²) in [5.41, 5.74) is 0.736. The van der Waals surface area contributed by atoms with Gasteiger partial charge in [-0.15, -0.1) is 0 Å². The predicted octanol–water partition coefficient (Wildman–Crippen LogP) is 5.17. The summed E-state index contributed by atoms with van der Waals surface area (Å²) in [6, 6.07) is 8.65. The van der Waals surface area contributed by atoms with Crippen LogP contribution in [0.1, 0.15) is 67.3 Å². The molecule has 3 aromatic rings. The third-order valence-electron chi connectivity index (χ3n) is 7.49. The topological polar surface area (TPSA) is 81.5 Å². The third-order valence-corrected chi connectivity index (χ3v) is 7.49. The molecule has 0 bridgehead atoms. The molecule has 8 nitrogen and oxygen atoms in total. The second-order valence-electron chi connectivity index (χ2n) is 10.2. The molecule has 0 spiro atoms. The van der Waals surface area contributed by atoms with Gasteiger partial charge in [-0.05, 0) is 55.7 Å². The minimum Gasteiger partial charge on any atom is -0.490 e. The van der Waals surface area contributed by atoms with Crippen LogP contribution in [-0.2, 0) is 4.74 Å². The SMILES string of the molecule is CCCCCOc1ccc([C@H]2c3c(oc4ccc(F)cc4c3=O)C(=O)N2CCCN2CCOCC2)cc1OCC. The van der Waals surface area contributed by atoms with Gasteiger partial charge in [-0.25, -0.2) is 4.39 Å². The highest BCUT2D eigenvalue weighted by Gasteiger charge is 2.42. The summed E-state index contributed by atoms with van der Waals surface area (Å²) in [6.07, 6.45) is 3.83. The van der Waals surface area contributed by atoms with Gasteiger partial charge in [0, 0.05) is 26.2 Å². The van der Waals surface area contributed by atoms with Gasteiger partial charge in [0.25, 0.3) is 5.91 Å². The largest absolute Gasteiger partial charge is 0.490 e. The van der Waals surface area contributed by atoms with Crippen molar-refractivity contribution < 1.29 is 27.8 Å². The number of fused-ring (bicyclic) bond motifs is 2. The number of carbonyl (C=O) groups excluding carboxylic acids is 1. The van der Waals surface area contributed by atoms with E-state index in [-0.39, 0.29) is 28.2 Å². The number of nitrogens with zero attached hydrogens (tertiary/aromatic N) is 2. The van der Waals surface area contributed by atoms with E-state index in [1.165, 1.54) is 18.2 Å². The van der Waals surface area contributed by atoms with Crippen LogP contribution in [0.15, 0.2) is 45.6 Å². The van der Waals surface area contributed by atoms with Crippen LogP contribution in [0.4, 0.5) is 4.39 Å². The number of hydrogen-bond acceptors (Lipinski definition) is 7. The molecule has 0 radical (unpaired) electrons. The first-order valence-corrected chi connectivity index (χ1v) is 14.3. The van der Waals surface area contributed by atoms with Gasteiger partial charge in [-0.1, -0.05) is 25.8 Å². The predicted molar refractivity (Wildman–Crippen MR) is 150 cm³/mol. The second-order valence-corrected chi connectivity index (χ2v) is 10.2. The van der Waals surface area contributed by atoms with Crippen LogP contribution in [0.5, 0.6) is 11.5 Å². The van der Waals surface area contributed by atoms with E-state index in [9.17, 15) is 14.0 Å². The van der Waals surface area contributed by atoms with Gasteiger partial charge in [-0.3, -0.25) is 14.5 Å². The van der Waals surface area contributed by atoms with Gasteiger partial charge in [0.15, 0.2) is 16.9 Å². The zero-order valence-electron chi connectivity index (χ0n) is 23.2. The number of unbranched alkanes of at least 4 members (excludes halogenated alkanes) is 2. The molecular weight excluding hydrogens is 515 g/mol. The van der Waals surface area contributed by atoms with Crippen LogP contribution >= 0.6 is 0 Å². The van der Waals surface area contributed by atoms with E-state index < -0.39 is 17.3 Å². The number of rotatable bonds is 12. The molecule has 2 aliphatic heterocycles. The van der Waals surface area contributed by atoms with E-state index in [4.69, 9.17) is 18.6 Å². The third kappa shape index (κ3) is 5.86. The van der Waals surface area contributed by atoms with Crippen molar-refractivity contribution in [3.8, 4) is 11.5 Å². The molecule has 9 heteroatoms. The first kappa shape index (κ1) is 28.1. The Labute approximate surface area is 233 Å². The fourth-order valence-corrected chi connectivity index (χ4v) is 5.48. The van der Waals surface area contributed by atoms with Crippen molar-refractivity contribution in [3.63, 3.8) is 0 Å². The molecule has 2 aromatic carbocycles. The second kappa shape index (κ2) is 12.8. The lowest BCUT2D eigenvalue weighted by atomic mass is 9.98. The fraction of sp³-hybridized carbons (Fsp3) is 0.484. The van der Waals surface area contributed by atoms with Gasteiger partial charge < -0.3 is 23.5 Å². The molecule has 0 N–H and O–H groups in total. The van der Waals surface area contributed by atoms with E-state index >= 15 is 0 Å².